The first kappa shape index (κ1) is 14.8. The van der Waals surface area contributed by atoms with E-state index in [1.165, 1.54) is 57.8 Å². The molecule has 2 saturated carbocycles. The van der Waals surface area contributed by atoms with Crippen molar-refractivity contribution in [2.75, 3.05) is 0 Å². The minimum absolute atomic E-state index is 0.0442. The van der Waals surface area contributed by atoms with Crippen LogP contribution in [0.2, 0.25) is 0 Å². The summed E-state index contributed by atoms with van der Waals surface area (Å²) in [5, 5.41) is 6.74. The quantitative estimate of drug-likeness (QED) is 0.821. The largest absolute Gasteiger partial charge is 0.352 e. The summed E-state index contributed by atoms with van der Waals surface area (Å²) in [5.41, 5.74) is 0. The van der Waals surface area contributed by atoms with Crippen molar-refractivity contribution in [2.45, 2.75) is 89.8 Å². The molecule has 2 N–H and O–H groups in total. The number of carbonyl (C=O) groups excluding carboxylic acids is 1. The number of amides is 1. The second-order valence-electron chi connectivity index (χ2n) is 6.70. The first-order valence-electron chi connectivity index (χ1n) is 8.21. The highest BCUT2D eigenvalue weighted by molar-refractivity contribution is 5.81. The summed E-state index contributed by atoms with van der Waals surface area (Å²) >= 11 is 0. The molecule has 0 heterocycles. The maximum absolute atomic E-state index is 12.2. The molecule has 0 aliphatic heterocycles. The molecule has 3 unspecified atom stereocenters. The van der Waals surface area contributed by atoms with Crippen LogP contribution in [0.1, 0.15) is 71.6 Å². The summed E-state index contributed by atoms with van der Waals surface area (Å²) in [6.07, 6.45) is 11.3. The van der Waals surface area contributed by atoms with Crippen LogP contribution in [0, 0.1) is 5.92 Å². The van der Waals surface area contributed by atoms with Crippen molar-refractivity contribution in [2.24, 2.45) is 5.92 Å². The summed E-state index contributed by atoms with van der Waals surface area (Å²) in [5.74, 6) is 1.00. The fourth-order valence-electron chi connectivity index (χ4n) is 3.59. The lowest BCUT2D eigenvalue weighted by atomic mass is 9.87. The smallest absolute Gasteiger partial charge is 0.237 e. The van der Waals surface area contributed by atoms with Gasteiger partial charge in [0.05, 0.1) is 6.04 Å². The number of hydrogen-bond acceptors (Lipinski definition) is 2. The van der Waals surface area contributed by atoms with Crippen LogP contribution in [-0.2, 0) is 4.79 Å². The van der Waals surface area contributed by atoms with Gasteiger partial charge in [0.25, 0.3) is 0 Å². The van der Waals surface area contributed by atoms with E-state index in [0.29, 0.717) is 12.1 Å². The molecule has 19 heavy (non-hydrogen) atoms. The topological polar surface area (TPSA) is 41.1 Å². The molecule has 2 aliphatic carbocycles. The SMILES string of the molecule is CC1CCCC(NC(C)C(=O)NC2CCCCC2)C1. The first-order valence-corrected chi connectivity index (χ1v) is 8.21. The maximum Gasteiger partial charge on any atom is 0.237 e. The second kappa shape index (κ2) is 7.28. The van der Waals surface area contributed by atoms with Gasteiger partial charge in [0.2, 0.25) is 5.91 Å². The summed E-state index contributed by atoms with van der Waals surface area (Å²) in [4.78, 5) is 12.2. The van der Waals surface area contributed by atoms with Gasteiger partial charge in [-0.2, -0.15) is 0 Å². The zero-order valence-electron chi connectivity index (χ0n) is 12.6. The van der Waals surface area contributed by atoms with Gasteiger partial charge in [-0.05, 0) is 38.5 Å². The van der Waals surface area contributed by atoms with Gasteiger partial charge >= 0.3 is 0 Å². The molecule has 0 saturated heterocycles. The van der Waals surface area contributed by atoms with E-state index in [2.05, 4.69) is 17.6 Å². The van der Waals surface area contributed by atoms with Crippen molar-refractivity contribution in [1.82, 2.24) is 10.6 Å². The zero-order chi connectivity index (χ0) is 13.7. The molecule has 0 aromatic carbocycles. The Bertz CT molecular complexity index is 286. The molecule has 0 spiro atoms. The average Bonchev–Trinajstić information content (AvgIpc) is 2.40. The molecule has 2 aliphatic rings. The Morgan fingerprint density at radius 2 is 1.68 bits per heavy atom. The van der Waals surface area contributed by atoms with E-state index in [-0.39, 0.29) is 11.9 Å². The van der Waals surface area contributed by atoms with Crippen LogP contribution in [0.4, 0.5) is 0 Å². The Kier molecular flexibility index (Phi) is 5.68. The molecule has 110 valence electrons. The normalized spacial score (nSPS) is 30.8. The van der Waals surface area contributed by atoms with E-state index in [1.54, 1.807) is 0 Å². The molecule has 0 bridgehead atoms. The molecular weight excluding hydrogens is 236 g/mol. The summed E-state index contributed by atoms with van der Waals surface area (Å²) in [7, 11) is 0. The highest BCUT2D eigenvalue weighted by Crippen LogP contribution is 2.24. The van der Waals surface area contributed by atoms with Crippen molar-refractivity contribution in [1.29, 1.82) is 0 Å². The van der Waals surface area contributed by atoms with Crippen molar-refractivity contribution in [3.8, 4) is 0 Å². The van der Waals surface area contributed by atoms with Gasteiger partial charge in [0.15, 0.2) is 0 Å². The van der Waals surface area contributed by atoms with Gasteiger partial charge in [0, 0.05) is 12.1 Å². The third-order valence-electron chi connectivity index (χ3n) is 4.77. The predicted octanol–water partition coefficient (Wildman–Crippen LogP) is 2.99. The number of hydrogen-bond donors (Lipinski definition) is 2. The number of rotatable bonds is 4. The standard InChI is InChI=1S/C16H30N2O/c1-12-7-6-10-15(11-12)17-13(2)16(19)18-14-8-4-3-5-9-14/h12-15,17H,3-11H2,1-2H3,(H,18,19). The van der Waals surface area contributed by atoms with Crippen molar-refractivity contribution >= 4 is 5.91 Å². The minimum Gasteiger partial charge on any atom is -0.352 e. The van der Waals surface area contributed by atoms with Crippen LogP contribution in [0.15, 0.2) is 0 Å². The molecular formula is C16H30N2O. The number of carbonyl (C=O) groups is 1. The third kappa shape index (κ3) is 4.79. The molecule has 3 atom stereocenters. The van der Waals surface area contributed by atoms with Gasteiger partial charge in [0.1, 0.15) is 0 Å². The van der Waals surface area contributed by atoms with Crippen LogP contribution in [0.3, 0.4) is 0 Å². The van der Waals surface area contributed by atoms with E-state index >= 15 is 0 Å². The summed E-state index contributed by atoms with van der Waals surface area (Å²) in [6, 6.07) is 0.920. The fraction of sp³-hybridized carbons (Fsp3) is 0.938. The van der Waals surface area contributed by atoms with E-state index in [0.717, 1.165) is 5.92 Å². The minimum atomic E-state index is -0.0442. The molecule has 0 radical (unpaired) electrons. The molecule has 2 fully saturated rings. The van der Waals surface area contributed by atoms with Crippen LogP contribution in [0.5, 0.6) is 0 Å². The van der Waals surface area contributed by atoms with Gasteiger partial charge < -0.3 is 10.6 Å². The van der Waals surface area contributed by atoms with E-state index in [1.807, 2.05) is 6.92 Å². The van der Waals surface area contributed by atoms with E-state index in [9.17, 15) is 4.79 Å². The van der Waals surface area contributed by atoms with Crippen LogP contribution in [0.25, 0.3) is 0 Å². The highest BCUT2D eigenvalue weighted by Gasteiger charge is 2.24. The van der Waals surface area contributed by atoms with Gasteiger partial charge in [-0.25, -0.2) is 0 Å². The monoisotopic (exact) mass is 266 g/mol. The van der Waals surface area contributed by atoms with Crippen LogP contribution < -0.4 is 10.6 Å². The molecule has 3 heteroatoms. The van der Waals surface area contributed by atoms with E-state index in [4.69, 9.17) is 0 Å². The zero-order valence-corrected chi connectivity index (χ0v) is 12.6. The lowest BCUT2D eigenvalue weighted by Gasteiger charge is -2.31. The van der Waals surface area contributed by atoms with E-state index < -0.39 is 0 Å². The summed E-state index contributed by atoms with van der Waals surface area (Å²) < 4.78 is 0. The lowest BCUT2D eigenvalue weighted by molar-refractivity contribution is -0.124. The van der Waals surface area contributed by atoms with Gasteiger partial charge in [-0.1, -0.05) is 39.0 Å². The third-order valence-corrected chi connectivity index (χ3v) is 4.77. The maximum atomic E-state index is 12.2. The Labute approximate surface area is 117 Å². The number of nitrogens with one attached hydrogen (secondary N) is 2. The summed E-state index contributed by atoms with van der Waals surface area (Å²) in [6.45, 7) is 4.33. The van der Waals surface area contributed by atoms with Crippen molar-refractivity contribution in [3.63, 3.8) is 0 Å². The van der Waals surface area contributed by atoms with Crippen LogP contribution >= 0.6 is 0 Å². The van der Waals surface area contributed by atoms with Crippen molar-refractivity contribution < 1.29 is 4.79 Å². The Morgan fingerprint density at radius 1 is 1.00 bits per heavy atom. The second-order valence-corrected chi connectivity index (χ2v) is 6.70. The predicted molar refractivity (Wildman–Crippen MR) is 79.0 cm³/mol. The lowest BCUT2D eigenvalue weighted by Crippen LogP contribution is -2.50. The Balaban J connectivity index is 1.72. The molecule has 0 aromatic heterocycles. The van der Waals surface area contributed by atoms with Crippen molar-refractivity contribution in [3.05, 3.63) is 0 Å². The Hall–Kier alpha value is -0.570. The first-order chi connectivity index (χ1) is 9.15. The fourth-order valence-corrected chi connectivity index (χ4v) is 3.59. The average molecular weight is 266 g/mol. The molecule has 0 aromatic rings. The Morgan fingerprint density at radius 3 is 2.37 bits per heavy atom. The van der Waals surface area contributed by atoms with Gasteiger partial charge in [-0.15, -0.1) is 0 Å². The highest BCUT2D eigenvalue weighted by atomic mass is 16.2. The molecule has 2 rings (SSSR count). The molecule has 1 amide bonds. The van der Waals surface area contributed by atoms with Crippen LogP contribution in [-0.4, -0.2) is 24.0 Å². The van der Waals surface area contributed by atoms with Gasteiger partial charge in [-0.3, -0.25) is 4.79 Å². The molecule has 3 nitrogen and oxygen atoms in total.